The molecular formula is C24H34ClFO. The molecule has 0 spiro atoms. The number of hydrogen-bond donors (Lipinski definition) is 0. The highest BCUT2D eigenvalue weighted by Gasteiger charge is 2.29. The fourth-order valence-electron chi connectivity index (χ4n) is 5.02. The summed E-state index contributed by atoms with van der Waals surface area (Å²) in [6.45, 7) is 4.66. The maximum Gasteiger partial charge on any atom is 0.153 e. The Morgan fingerprint density at radius 3 is 2.48 bits per heavy atom. The summed E-state index contributed by atoms with van der Waals surface area (Å²) in [4.78, 5) is 0. The molecule has 0 aromatic heterocycles. The number of hydrogen-bond acceptors (Lipinski definition) is 1. The Hall–Kier alpha value is -1.02. The van der Waals surface area contributed by atoms with Crippen LogP contribution in [0.2, 0.25) is 5.02 Å². The Morgan fingerprint density at radius 2 is 1.85 bits per heavy atom. The number of allylic oxidation sites excluding steroid dienone is 2. The third-order valence-corrected chi connectivity index (χ3v) is 7.02. The second kappa shape index (κ2) is 9.96. The number of benzene rings is 1. The minimum absolute atomic E-state index is 0.114. The van der Waals surface area contributed by atoms with Crippen molar-refractivity contribution in [2.45, 2.75) is 78.1 Å². The van der Waals surface area contributed by atoms with Gasteiger partial charge in [-0.05, 0) is 74.5 Å². The van der Waals surface area contributed by atoms with E-state index in [0.29, 0.717) is 17.9 Å². The van der Waals surface area contributed by atoms with Crippen LogP contribution < -0.4 is 4.74 Å². The van der Waals surface area contributed by atoms with Crippen LogP contribution >= 0.6 is 11.6 Å². The summed E-state index contributed by atoms with van der Waals surface area (Å²) in [6, 6.07) is 3.63. The van der Waals surface area contributed by atoms with Crippen molar-refractivity contribution in [2.75, 3.05) is 6.61 Å². The van der Waals surface area contributed by atoms with E-state index in [1.165, 1.54) is 51.4 Å². The number of ether oxygens (including phenoxy) is 1. The molecule has 0 bridgehead atoms. The molecule has 27 heavy (non-hydrogen) atoms. The van der Waals surface area contributed by atoms with Crippen LogP contribution in [0.4, 0.5) is 4.39 Å². The van der Waals surface area contributed by atoms with Crippen molar-refractivity contribution >= 4 is 17.2 Å². The monoisotopic (exact) mass is 392 g/mol. The summed E-state index contributed by atoms with van der Waals surface area (Å²) >= 11 is 6.17. The highest BCUT2D eigenvalue weighted by Crippen LogP contribution is 2.43. The Labute approximate surface area is 169 Å². The molecule has 1 saturated carbocycles. The molecule has 0 saturated heterocycles. The molecule has 1 fully saturated rings. The summed E-state index contributed by atoms with van der Waals surface area (Å²) < 4.78 is 20.1. The molecular weight excluding hydrogens is 359 g/mol. The van der Waals surface area contributed by atoms with E-state index < -0.39 is 0 Å². The molecule has 2 aliphatic rings. The SMILES string of the molecule is CCCCC1CCC(C2CC=C(c3ccc(OCC)c(Cl)c3F)CC2)CC1. The van der Waals surface area contributed by atoms with Gasteiger partial charge in [-0.3, -0.25) is 0 Å². The molecule has 0 heterocycles. The second-order valence-electron chi connectivity index (χ2n) is 8.36. The highest BCUT2D eigenvalue weighted by molar-refractivity contribution is 6.32. The lowest BCUT2D eigenvalue weighted by Crippen LogP contribution is -2.23. The van der Waals surface area contributed by atoms with Crippen molar-refractivity contribution in [1.82, 2.24) is 0 Å². The van der Waals surface area contributed by atoms with Crippen molar-refractivity contribution < 1.29 is 9.13 Å². The quantitative estimate of drug-likeness (QED) is 0.455. The zero-order valence-electron chi connectivity index (χ0n) is 16.9. The summed E-state index contributed by atoms with van der Waals surface area (Å²) in [5, 5.41) is 0.114. The molecule has 3 heteroatoms. The minimum Gasteiger partial charge on any atom is -0.492 e. The van der Waals surface area contributed by atoms with E-state index in [2.05, 4.69) is 13.0 Å². The lowest BCUT2D eigenvalue weighted by Gasteiger charge is -2.35. The van der Waals surface area contributed by atoms with E-state index in [1.54, 1.807) is 6.07 Å². The average molecular weight is 393 g/mol. The van der Waals surface area contributed by atoms with E-state index in [0.717, 1.165) is 36.2 Å². The van der Waals surface area contributed by atoms with E-state index in [-0.39, 0.29) is 10.8 Å². The molecule has 1 unspecified atom stereocenters. The van der Waals surface area contributed by atoms with Crippen LogP contribution in [-0.2, 0) is 0 Å². The van der Waals surface area contributed by atoms with E-state index in [9.17, 15) is 4.39 Å². The van der Waals surface area contributed by atoms with Gasteiger partial charge >= 0.3 is 0 Å². The first-order valence-corrected chi connectivity index (χ1v) is 11.3. The molecule has 1 aromatic carbocycles. The Morgan fingerprint density at radius 1 is 1.07 bits per heavy atom. The van der Waals surface area contributed by atoms with Gasteiger partial charge in [-0.15, -0.1) is 0 Å². The van der Waals surface area contributed by atoms with E-state index >= 15 is 0 Å². The van der Waals surface area contributed by atoms with Gasteiger partial charge in [0.05, 0.1) is 6.61 Å². The average Bonchev–Trinajstić information content (AvgIpc) is 2.71. The molecule has 3 rings (SSSR count). The molecule has 150 valence electrons. The molecule has 2 aliphatic carbocycles. The molecule has 0 amide bonds. The molecule has 1 atom stereocenters. The smallest absolute Gasteiger partial charge is 0.153 e. The van der Waals surface area contributed by atoms with E-state index in [4.69, 9.17) is 16.3 Å². The Bertz CT molecular complexity index is 646. The maximum absolute atomic E-state index is 14.7. The predicted molar refractivity (Wildman–Crippen MR) is 113 cm³/mol. The maximum atomic E-state index is 14.7. The van der Waals surface area contributed by atoms with Gasteiger partial charge in [0.1, 0.15) is 10.8 Å². The number of rotatable bonds is 7. The summed E-state index contributed by atoms with van der Waals surface area (Å²) in [6.07, 6.45) is 15.3. The minimum atomic E-state index is -0.330. The Balaban J connectivity index is 1.58. The van der Waals surface area contributed by atoms with Crippen LogP contribution in [0.1, 0.15) is 83.6 Å². The summed E-state index contributed by atoms with van der Waals surface area (Å²) in [5.74, 6) is 2.73. The first-order chi connectivity index (χ1) is 13.1. The van der Waals surface area contributed by atoms with Crippen LogP contribution in [-0.4, -0.2) is 6.61 Å². The van der Waals surface area contributed by atoms with Crippen LogP contribution in [0.15, 0.2) is 18.2 Å². The highest BCUT2D eigenvalue weighted by atomic mass is 35.5. The van der Waals surface area contributed by atoms with E-state index in [1.807, 2.05) is 13.0 Å². The van der Waals surface area contributed by atoms with Crippen LogP contribution in [0, 0.1) is 23.6 Å². The van der Waals surface area contributed by atoms with Crippen molar-refractivity contribution in [1.29, 1.82) is 0 Å². The van der Waals surface area contributed by atoms with Gasteiger partial charge in [0, 0.05) is 5.56 Å². The molecule has 0 radical (unpaired) electrons. The summed E-state index contributed by atoms with van der Waals surface area (Å²) in [5.41, 5.74) is 1.77. The fourth-order valence-corrected chi connectivity index (χ4v) is 5.23. The van der Waals surface area contributed by atoms with Gasteiger partial charge in [-0.1, -0.05) is 56.7 Å². The largest absolute Gasteiger partial charge is 0.492 e. The first-order valence-electron chi connectivity index (χ1n) is 10.9. The zero-order valence-corrected chi connectivity index (χ0v) is 17.7. The molecule has 0 aliphatic heterocycles. The van der Waals surface area contributed by atoms with Crippen molar-refractivity contribution in [2.24, 2.45) is 17.8 Å². The fraction of sp³-hybridized carbons (Fsp3) is 0.667. The molecule has 1 aromatic rings. The topological polar surface area (TPSA) is 9.23 Å². The molecule has 0 N–H and O–H groups in total. The Kier molecular flexibility index (Phi) is 7.64. The molecule has 1 nitrogen and oxygen atoms in total. The predicted octanol–water partition coefficient (Wildman–Crippen LogP) is 8.06. The number of halogens is 2. The van der Waals surface area contributed by atoms with Crippen molar-refractivity contribution in [3.05, 3.63) is 34.6 Å². The lowest BCUT2D eigenvalue weighted by molar-refractivity contribution is 0.188. The van der Waals surface area contributed by atoms with Gasteiger partial charge in [-0.2, -0.15) is 0 Å². The van der Waals surface area contributed by atoms with Gasteiger partial charge in [0.25, 0.3) is 0 Å². The van der Waals surface area contributed by atoms with Gasteiger partial charge < -0.3 is 4.74 Å². The van der Waals surface area contributed by atoms with Gasteiger partial charge in [-0.25, -0.2) is 4.39 Å². The van der Waals surface area contributed by atoms with Gasteiger partial charge in [0.15, 0.2) is 5.82 Å². The van der Waals surface area contributed by atoms with Crippen LogP contribution in [0.25, 0.3) is 5.57 Å². The normalized spacial score (nSPS) is 25.9. The second-order valence-corrected chi connectivity index (χ2v) is 8.74. The lowest BCUT2D eigenvalue weighted by atomic mass is 9.70. The standard InChI is InChI=1S/C24H34ClFO/c1-3-5-6-17-7-9-18(10-8-17)19-11-13-20(14-12-19)21-15-16-22(27-4-2)23(25)24(21)26/h13,15-19H,3-12,14H2,1-2H3. The third kappa shape index (κ3) is 5.08. The van der Waals surface area contributed by atoms with Gasteiger partial charge in [0.2, 0.25) is 0 Å². The zero-order chi connectivity index (χ0) is 19.2. The van der Waals surface area contributed by atoms with Crippen LogP contribution in [0.3, 0.4) is 0 Å². The number of unbranched alkanes of at least 4 members (excludes halogenated alkanes) is 1. The van der Waals surface area contributed by atoms with Crippen molar-refractivity contribution in [3.8, 4) is 5.75 Å². The summed E-state index contributed by atoms with van der Waals surface area (Å²) in [7, 11) is 0. The van der Waals surface area contributed by atoms with Crippen molar-refractivity contribution in [3.63, 3.8) is 0 Å². The van der Waals surface area contributed by atoms with Crippen LogP contribution in [0.5, 0.6) is 5.75 Å². The third-order valence-electron chi connectivity index (χ3n) is 6.67. The first kappa shape index (κ1) is 20.7.